The number of hydrogen-bond donors (Lipinski definition) is 1. The fraction of sp³-hybridized carbons (Fsp3) is 0.643. The Bertz CT molecular complexity index is 333. The van der Waals surface area contributed by atoms with Crippen LogP contribution in [0.2, 0.25) is 0 Å². The molecule has 4 heteroatoms. The minimum absolute atomic E-state index is 0.330. The predicted molar refractivity (Wildman–Crippen MR) is 75.8 cm³/mol. The Morgan fingerprint density at radius 2 is 2.06 bits per heavy atom. The molecule has 0 radical (unpaired) electrons. The molecule has 0 amide bonds. The van der Waals surface area contributed by atoms with Crippen LogP contribution in [0.25, 0.3) is 0 Å². The number of hydrogen-bond acceptors (Lipinski definition) is 4. The lowest BCUT2D eigenvalue weighted by molar-refractivity contribution is 0.238. The second-order valence-electron chi connectivity index (χ2n) is 5.02. The summed E-state index contributed by atoms with van der Waals surface area (Å²) in [6.07, 6.45) is 4.16. The van der Waals surface area contributed by atoms with E-state index in [2.05, 4.69) is 27.8 Å². The SMILES string of the molecule is CCC[C@@H](N)CN1CCN(c2ccccn2)CC1. The van der Waals surface area contributed by atoms with Gasteiger partial charge in [-0.1, -0.05) is 19.4 Å². The lowest BCUT2D eigenvalue weighted by Crippen LogP contribution is -2.50. The highest BCUT2D eigenvalue weighted by molar-refractivity contribution is 5.38. The van der Waals surface area contributed by atoms with Crippen LogP contribution in [0.4, 0.5) is 5.82 Å². The summed E-state index contributed by atoms with van der Waals surface area (Å²) < 4.78 is 0. The highest BCUT2D eigenvalue weighted by atomic mass is 15.3. The van der Waals surface area contributed by atoms with E-state index in [1.807, 2.05) is 18.3 Å². The van der Waals surface area contributed by atoms with Crippen molar-refractivity contribution in [2.24, 2.45) is 5.73 Å². The first-order valence-electron chi connectivity index (χ1n) is 6.93. The molecule has 0 aliphatic carbocycles. The molecule has 18 heavy (non-hydrogen) atoms. The number of rotatable bonds is 5. The van der Waals surface area contributed by atoms with Crippen molar-refractivity contribution in [3.8, 4) is 0 Å². The van der Waals surface area contributed by atoms with E-state index in [0.29, 0.717) is 6.04 Å². The average Bonchev–Trinajstić information content (AvgIpc) is 2.41. The highest BCUT2D eigenvalue weighted by Crippen LogP contribution is 2.12. The molecular weight excluding hydrogens is 224 g/mol. The first kappa shape index (κ1) is 13.3. The van der Waals surface area contributed by atoms with Crippen molar-refractivity contribution < 1.29 is 0 Å². The molecule has 2 rings (SSSR count). The second kappa shape index (κ2) is 6.71. The van der Waals surface area contributed by atoms with Gasteiger partial charge in [-0.05, 0) is 18.6 Å². The van der Waals surface area contributed by atoms with Crippen molar-refractivity contribution >= 4 is 5.82 Å². The zero-order chi connectivity index (χ0) is 12.8. The van der Waals surface area contributed by atoms with Gasteiger partial charge in [-0.25, -0.2) is 4.98 Å². The van der Waals surface area contributed by atoms with Gasteiger partial charge in [-0.3, -0.25) is 4.90 Å². The van der Waals surface area contributed by atoms with Crippen molar-refractivity contribution in [3.63, 3.8) is 0 Å². The Labute approximate surface area is 110 Å². The minimum atomic E-state index is 0.330. The molecule has 4 nitrogen and oxygen atoms in total. The van der Waals surface area contributed by atoms with Crippen LogP contribution in [0, 0.1) is 0 Å². The summed E-state index contributed by atoms with van der Waals surface area (Å²) in [5.74, 6) is 1.09. The Balaban J connectivity index is 1.78. The molecule has 0 unspecified atom stereocenters. The molecule has 1 aromatic heterocycles. The number of pyridine rings is 1. The largest absolute Gasteiger partial charge is 0.354 e. The van der Waals surface area contributed by atoms with Gasteiger partial charge in [0, 0.05) is 45.0 Å². The zero-order valence-corrected chi connectivity index (χ0v) is 11.3. The first-order chi connectivity index (χ1) is 8.79. The normalized spacial score (nSPS) is 18.9. The molecule has 100 valence electrons. The molecule has 0 bridgehead atoms. The Morgan fingerprint density at radius 3 is 2.67 bits per heavy atom. The third kappa shape index (κ3) is 3.68. The summed E-state index contributed by atoms with van der Waals surface area (Å²) >= 11 is 0. The quantitative estimate of drug-likeness (QED) is 0.854. The Hall–Kier alpha value is -1.13. The van der Waals surface area contributed by atoms with Crippen LogP contribution in [0.5, 0.6) is 0 Å². The number of anilines is 1. The van der Waals surface area contributed by atoms with Gasteiger partial charge in [-0.2, -0.15) is 0 Å². The molecule has 0 spiro atoms. The highest BCUT2D eigenvalue weighted by Gasteiger charge is 2.18. The van der Waals surface area contributed by atoms with E-state index in [0.717, 1.165) is 45.0 Å². The monoisotopic (exact) mass is 248 g/mol. The van der Waals surface area contributed by atoms with Crippen molar-refractivity contribution in [2.45, 2.75) is 25.8 Å². The van der Waals surface area contributed by atoms with Gasteiger partial charge in [0.2, 0.25) is 0 Å². The van der Waals surface area contributed by atoms with Gasteiger partial charge in [0.15, 0.2) is 0 Å². The van der Waals surface area contributed by atoms with Crippen LogP contribution in [0.15, 0.2) is 24.4 Å². The molecule has 2 heterocycles. The summed E-state index contributed by atoms with van der Waals surface area (Å²) in [7, 11) is 0. The smallest absolute Gasteiger partial charge is 0.128 e. The van der Waals surface area contributed by atoms with Crippen LogP contribution >= 0.6 is 0 Å². The third-order valence-electron chi connectivity index (χ3n) is 3.50. The van der Waals surface area contributed by atoms with Gasteiger partial charge >= 0.3 is 0 Å². The van der Waals surface area contributed by atoms with Crippen LogP contribution < -0.4 is 10.6 Å². The topological polar surface area (TPSA) is 45.4 Å². The van der Waals surface area contributed by atoms with Gasteiger partial charge in [-0.15, -0.1) is 0 Å². The number of nitrogens with zero attached hydrogens (tertiary/aromatic N) is 3. The van der Waals surface area contributed by atoms with Gasteiger partial charge in [0.1, 0.15) is 5.82 Å². The van der Waals surface area contributed by atoms with Gasteiger partial charge < -0.3 is 10.6 Å². The van der Waals surface area contributed by atoms with Crippen LogP contribution in [0.3, 0.4) is 0 Å². The zero-order valence-electron chi connectivity index (χ0n) is 11.3. The lowest BCUT2D eigenvalue weighted by atomic mass is 10.1. The van der Waals surface area contributed by atoms with Gasteiger partial charge in [0.05, 0.1) is 0 Å². The van der Waals surface area contributed by atoms with Crippen molar-refractivity contribution in [1.29, 1.82) is 0 Å². The lowest BCUT2D eigenvalue weighted by Gasteiger charge is -2.36. The van der Waals surface area contributed by atoms with Crippen LogP contribution in [0.1, 0.15) is 19.8 Å². The fourth-order valence-electron chi connectivity index (χ4n) is 2.49. The van der Waals surface area contributed by atoms with Crippen LogP contribution in [-0.4, -0.2) is 48.6 Å². The van der Waals surface area contributed by atoms with Gasteiger partial charge in [0.25, 0.3) is 0 Å². The van der Waals surface area contributed by atoms with E-state index in [4.69, 9.17) is 5.73 Å². The van der Waals surface area contributed by atoms with Crippen molar-refractivity contribution in [1.82, 2.24) is 9.88 Å². The molecule has 2 N–H and O–H groups in total. The summed E-state index contributed by atoms with van der Waals surface area (Å²) in [5, 5.41) is 0. The molecule has 1 saturated heterocycles. The van der Waals surface area contributed by atoms with E-state index in [-0.39, 0.29) is 0 Å². The molecule has 0 aromatic carbocycles. The molecule has 1 atom stereocenters. The molecule has 1 aliphatic rings. The molecule has 1 fully saturated rings. The maximum absolute atomic E-state index is 6.09. The van der Waals surface area contributed by atoms with Crippen molar-refractivity contribution in [3.05, 3.63) is 24.4 Å². The number of piperazine rings is 1. The predicted octanol–water partition coefficient (Wildman–Crippen LogP) is 1.33. The standard InChI is InChI=1S/C14H24N4/c1-2-5-13(15)12-17-8-10-18(11-9-17)14-6-3-4-7-16-14/h3-4,6-7,13H,2,5,8-12,15H2,1H3/t13-/m1/s1. The maximum atomic E-state index is 6.09. The molecular formula is C14H24N4. The molecule has 1 aliphatic heterocycles. The Morgan fingerprint density at radius 1 is 1.28 bits per heavy atom. The minimum Gasteiger partial charge on any atom is -0.354 e. The average molecular weight is 248 g/mol. The molecule has 0 saturated carbocycles. The third-order valence-corrected chi connectivity index (χ3v) is 3.50. The Kier molecular flexibility index (Phi) is 4.96. The van der Waals surface area contributed by atoms with E-state index >= 15 is 0 Å². The number of aromatic nitrogens is 1. The van der Waals surface area contributed by atoms with Crippen LogP contribution in [-0.2, 0) is 0 Å². The summed E-state index contributed by atoms with van der Waals surface area (Å²) in [5.41, 5.74) is 6.09. The van der Waals surface area contributed by atoms with E-state index in [1.54, 1.807) is 0 Å². The second-order valence-corrected chi connectivity index (χ2v) is 5.02. The summed E-state index contributed by atoms with van der Waals surface area (Å²) in [6, 6.07) is 6.42. The molecule has 1 aromatic rings. The van der Waals surface area contributed by atoms with E-state index < -0.39 is 0 Å². The summed E-state index contributed by atoms with van der Waals surface area (Å²) in [6.45, 7) is 7.51. The number of nitrogens with two attached hydrogens (primary N) is 1. The van der Waals surface area contributed by atoms with Crippen molar-refractivity contribution in [2.75, 3.05) is 37.6 Å². The summed E-state index contributed by atoms with van der Waals surface area (Å²) in [4.78, 5) is 9.22. The van der Waals surface area contributed by atoms with E-state index in [1.165, 1.54) is 6.42 Å². The fourth-order valence-corrected chi connectivity index (χ4v) is 2.49. The first-order valence-corrected chi connectivity index (χ1v) is 6.93. The van der Waals surface area contributed by atoms with E-state index in [9.17, 15) is 0 Å². The maximum Gasteiger partial charge on any atom is 0.128 e.